The van der Waals surface area contributed by atoms with Crippen LogP contribution in [-0.2, 0) is 4.79 Å². The highest BCUT2D eigenvalue weighted by atomic mass is 19.1. The van der Waals surface area contributed by atoms with Crippen molar-refractivity contribution in [3.63, 3.8) is 0 Å². The van der Waals surface area contributed by atoms with Crippen molar-refractivity contribution in [3.05, 3.63) is 42.5 Å². The first-order chi connectivity index (χ1) is 16.2. The molecule has 1 aromatic heterocycles. The van der Waals surface area contributed by atoms with Crippen LogP contribution >= 0.6 is 0 Å². The predicted octanol–water partition coefficient (Wildman–Crippen LogP) is 3.98. The molecule has 3 fully saturated rings. The molecule has 33 heavy (non-hydrogen) atoms. The van der Waals surface area contributed by atoms with Gasteiger partial charge in [-0.05, 0) is 69.3 Å². The summed E-state index contributed by atoms with van der Waals surface area (Å²) in [5.41, 5.74) is 1.75. The van der Waals surface area contributed by atoms with E-state index in [1.807, 2.05) is 0 Å². The minimum Gasteiger partial charge on any atom is -0.342 e. The van der Waals surface area contributed by atoms with Crippen LogP contribution in [0.3, 0.4) is 0 Å². The largest absolute Gasteiger partial charge is 0.342 e. The molecule has 0 saturated carbocycles. The van der Waals surface area contributed by atoms with Crippen LogP contribution < -0.4 is 4.90 Å². The van der Waals surface area contributed by atoms with Gasteiger partial charge in [-0.3, -0.25) is 4.79 Å². The van der Waals surface area contributed by atoms with Gasteiger partial charge in [-0.1, -0.05) is 18.6 Å². The lowest BCUT2D eigenvalue weighted by atomic mass is 9.94. The highest BCUT2D eigenvalue weighted by Gasteiger charge is 2.33. The number of halogens is 1. The van der Waals surface area contributed by atoms with Gasteiger partial charge in [0.05, 0.1) is 5.92 Å². The Labute approximate surface area is 195 Å². The molecule has 0 bridgehead atoms. The molecule has 0 spiro atoms. The van der Waals surface area contributed by atoms with Crippen LogP contribution in [0, 0.1) is 11.7 Å². The van der Waals surface area contributed by atoms with Crippen LogP contribution in [0.15, 0.2) is 36.7 Å². The van der Waals surface area contributed by atoms with E-state index in [2.05, 4.69) is 24.7 Å². The van der Waals surface area contributed by atoms with Gasteiger partial charge in [-0.2, -0.15) is 0 Å². The SMILES string of the molecule is O=C(C1CCCN(c2ncc(-c3ccc(F)cc3)cn2)C1)N1CCC(N2CCCCC2)CC1. The molecular weight excluding hydrogens is 417 g/mol. The number of amides is 1. The predicted molar refractivity (Wildman–Crippen MR) is 127 cm³/mol. The zero-order chi connectivity index (χ0) is 22.6. The fourth-order valence-corrected chi connectivity index (χ4v) is 5.63. The molecular formula is C26H34FN5O. The van der Waals surface area contributed by atoms with Crippen molar-refractivity contribution in [1.82, 2.24) is 19.8 Å². The molecule has 4 heterocycles. The first kappa shape index (κ1) is 22.3. The standard InChI is InChI=1S/C26H34FN5O/c27-23-8-6-20(7-9-23)22-17-28-26(29-18-22)32-14-4-5-21(19-32)25(33)31-15-10-24(11-16-31)30-12-2-1-3-13-30/h6-9,17-18,21,24H,1-5,10-16,19H2. The maximum Gasteiger partial charge on any atom is 0.227 e. The van der Waals surface area contributed by atoms with E-state index in [9.17, 15) is 9.18 Å². The number of carbonyl (C=O) groups excluding carboxylic acids is 1. The van der Waals surface area contributed by atoms with Crippen molar-refractivity contribution >= 4 is 11.9 Å². The Bertz CT molecular complexity index is 921. The van der Waals surface area contributed by atoms with Crippen LogP contribution in [-0.4, -0.2) is 71.0 Å². The van der Waals surface area contributed by atoms with E-state index in [0.29, 0.717) is 24.4 Å². The third-order valence-electron chi connectivity index (χ3n) is 7.55. The average molecular weight is 452 g/mol. The molecule has 1 aromatic carbocycles. The van der Waals surface area contributed by atoms with Crippen LogP contribution in [0.5, 0.6) is 0 Å². The molecule has 7 heteroatoms. The molecule has 6 nitrogen and oxygen atoms in total. The minimum atomic E-state index is -0.254. The first-order valence-corrected chi connectivity index (χ1v) is 12.5. The maximum atomic E-state index is 13.3. The summed E-state index contributed by atoms with van der Waals surface area (Å²) in [7, 11) is 0. The zero-order valence-corrected chi connectivity index (χ0v) is 19.3. The normalized spacial score (nSPS) is 23.0. The summed E-state index contributed by atoms with van der Waals surface area (Å²) >= 11 is 0. The minimum absolute atomic E-state index is 0.0191. The Morgan fingerprint density at radius 2 is 1.52 bits per heavy atom. The van der Waals surface area contributed by atoms with Crippen LogP contribution in [0.2, 0.25) is 0 Å². The van der Waals surface area contributed by atoms with Crippen molar-refractivity contribution in [2.45, 2.75) is 51.0 Å². The quantitative estimate of drug-likeness (QED) is 0.704. The summed E-state index contributed by atoms with van der Waals surface area (Å²) in [6.07, 6.45) is 11.7. The van der Waals surface area contributed by atoms with E-state index >= 15 is 0 Å². The number of likely N-dealkylation sites (tertiary alicyclic amines) is 2. The van der Waals surface area contributed by atoms with Gasteiger partial charge in [0.2, 0.25) is 11.9 Å². The Kier molecular flexibility index (Phi) is 6.85. The van der Waals surface area contributed by atoms with Gasteiger partial charge in [-0.15, -0.1) is 0 Å². The van der Waals surface area contributed by atoms with Gasteiger partial charge in [-0.25, -0.2) is 14.4 Å². The molecule has 1 unspecified atom stereocenters. The van der Waals surface area contributed by atoms with Gasteiger partial charge in [0.25, 0.3) is 0 Å². The molecule has 0 aliphatic carbocycles. The van der Waals surface area contributed by atoms with Gasteiger partial charge < -0.3 is 14.7 Å². The van der Waals surface area contributed by atoms with Crippen LogP contribution in [0.1, 0.15) is 44.9 Å². The summed E-state index contributed by atoms with van der Waals surface area (Å²) in [5.74, 6) is 0.739. The molecule has 1 atom stereocenters. The monoisotopic (exact) mass is 451 g/mol. The van der Waals surface area contributed by atoms with Crippen molar-refractivity contribution in [2.24, 2.45) is 5.92 Å². The van der Waals surface area contributed by atoms with Gasteiger partial charge in [0.1, 0.15) is 5.82 Å². The number of carbonyl (C=O) groups is 1. The van der Waals surface area contributed by atoms with Gasteiger partial charge in [0.15, 0.2) is 0 Å². The van der Waals surface area contributed by atoms with Crippen molar-refractivity contribution in [2.75, 3.05) is 44.2 Å². The number of aromatic nitrogens is 2. The van der Waals surface area contributed by atoms with E-state index in [4.69, 9.17) is 0 Å². The summed E-state index contributed by atoms with van der Waals surface area (Å²) in [4.78, 5) is 29.3. The molecule has 3 saturated heterocycles. The molecule has 0 N–H and O–H groups in total. The lowest BCUT2D eigenvalue weighted by Crippen LogP contribution is -2.51. The van der Waals surface area contributed by atoms with E-state index in [1.54, 1.807) is 24.5 Å². The summed E-state index contributed by atoms with van der Waals surface area (Å²) in [5, 5.41) is 0. The van der Waals surface area contributed by atoms with Gasteiger partial charge in [0, 0.05) is 50.2 Å². The van der Waals surface area contributed by atoms with Crippen molar-refractivity contribution in [3.8, 4) is 11.1 Å². The third-order valence-corrected chi connectivity index (χ3v) is 7.55. The first-order valence-electron chi connectivity index (χ1n) is 12.5. The second-order valence-electron chi connectivity index (χ2n) is 9.72. The summed E-state index contributed by atoms with van der Waals surface area (Å²) in [6.45, 7) is 5.79. The molecule has 176 valence electrons. The molecule has 2 aromatic rings. The summed E-state index contributed by atoms with van der Waals surface area (Å²) in [6, 6.07) is 7.01. The molecule has 5 rings (SSSR count). The number of benzene rings is 1. The molecule has 3 aliphatic heterocycles. The second kappa shape index (κ2) is 10.2. The lowest BCUT2D eigenvalue weighted by molar-refractivity contribution is -0.137. The number of hydrogen-bond acceptors (Lipinski definition) is 5. The number of anilines is 1. The average Bonchev–Trinajstić information content (AvgIpc) is 2.89. The van der Waals surface area contributed by atoms with E-state index < -0.39 is 0 Å². The van der Waals surface area contributed by atoms with Crippen LogP contribution in [0.25, 0.3) is 11.1 Å². The highest BCUT2D eigenvalue weighted by Crippen LogP contribution is 2.26. The fraction of sp³-hybridized carbons (Fsp3) is 0.577. The maximum absolute atomic E-state index is 13.3. The Balaban J connectivity index is 1.17. The number of hydrogen-bond donors (Lipinski definition) is 0. The lowest BCUT2D eigenvalue weighted by Gasteiger charge is -2.42. The highest BCUT2D eigenvalue weighted by molar-refractivity contribution is 5.79. The van der Waals surface area contributed by atoms with Crippen molar-refractivity contribution in [1.29, 1.82) is 0 Å². The Morgan fingerprint density at radius 1 is 0.818 bits per heavy atom. The summed E-state index contributed by atoms with van der Waals surface area (Å²) < 4.78 is 13.2. The smallest absolute Gasteiger partial charge is 0.227 e. The topological polar surface area (TPSA) is 52.6 Å². The Morgan fingerprint density at radius 3 is 2.21 bits per heavy atom. The number of piperidine rings is 3. The van der Waals surface area contributed by atoms with Gasteiger partial charge >= 0.3 is 0 Å². The third kappa shape index (κ3) is 5.18. The zero-order valence-electron chi connectivity index (χ0n) is 19.3. The van der Waals surface area contributed by atoms with E-state index in [-0.39, 0.29) is 11.7 Å². The Hall–Kier alpha value is -2.54. The van der Waals surface area contributed by atoms with E-state index in [0.717, 1.165) is 56.4 Å². The molecule has 1 amide bonds. The number of nitrogens with zero attached hydrogens (tertiary/aromatic N) is 5. The second-order valence-corrected chi connectivity index (χ2v) is 9.72. The molecule has 3 aliphatic rings. The van der Waals surface area contributed by atoms with Crippen molar-refractivity contribution < 1.29 is 9.18 Å². The molecule has 0 radical (unpaired) electrons. The fourth-order valence-electron chi connectivity index (χ4n) is 5.63. The van der Waals surface area contributed by atoms with Crippen LogP contribution in [0.4, 0.5) is 10.3 Å². The number of rotatable bonds is 4. The van der Waals surface area contributed by atoms with E-state index in [1.165, 1.54) is 44.5 Å².